The Kier molecular flexibility index (Phi) is 7.20. The number of hydrogen-bond acceptors (Lipinski definition) is 6. The summed E-state index contributed by atoms with van der Waals surface area (Å²) in [4.78, 5) is 0. The van der Waals surface area contributed by atoms with E-state index >= 15 is 0 Å². The van der Waals surface area contributed by atoms with Crippen LogP contribution in [0.3, 0.4) is 0 Å². The number of rotatable bonds is 6. The maximum Gasteiger partial charge on any atom is 0.199 e. The zero-order valence-corrected chi connectivity index (χ0v) is 21.0. The van der Waals surface area contributed by atoms with Gasteiger partial charge >= 0.3 is 0 Å². The third-order valence-electron chi connectivity index (χ3n) is 7.44. The van der Waals surface area contributed by atoms with E-state index in [2.05, 4.69) is 18.2 Å². The highest BCUT2D eigenvalue weighted by molar-refractivity contribution is 5.46. The first-order valence-corrected chi connectivity index (χ1v) is 13.5. The number of aromatic hydroxyl groups is 1. The lowest BCUT2D eigenvalue weighted by molar-refractivity contribution is -0.106. The molecule has 4 atom stereocenters. The summed E-state index contributed by atoms with van der Waals surface area (Å²) in [7, 11) is 0. The van der Waals surface area contributed by atoms with E-state index in [9.17, 15) is 5.11 Å². The van der Waals surface area contributed by atoms with Crippen molar-refractivity contribution in [3.8, 4) is 23.0 Å². The second kappa shape index (κ2) is 11.0. The van der Waals surface area contributed by atoms with Crippen LogP contribution in [0.25, 0.3) is 0 Å². The van der Waals surface area contributed by atoms with Gasteiger partial charge in [-0.15, -0.1) is 0 Å². The predicted octanol–water partition coefficient (Wildman–Crippen LogP) is 6.66. The second-order valence-electron chi connectivity index (χ2n) is 10.1. The van der Waals surface area contributed by atoms with Crippen LogP contribution in [0, 0.1) is 0 Å². The topological polar surface area (TPSA) is 66.4 Å². The van der Waals surface area contributed by atoms with Crippen LogP contribution in [-0.2, 0) is 15.9 Å². The Labute approximate surface area is 218 Å². The van der Waals surface area contributed by atoms with Crippen LogP contribution in [0.15, 0.2) is 66.7 Å². The summed E-state index contributed by atoms with van der Waals surface area (Å²) in [5, 5.41) is 9.86. The molecule has 0 radical (unpaired) electrons. The van der Waals surface area contributed by atoms with E-state index in [1.807, 2.05) is 36.4 Å². The Morgan fingerprint density at radius 3 is 1.95 bits per heavy atom. The molecule has 194 valence electrons. The number of fused-ring (bicyclic) bond motifs is 1. The van der Waals surface area contributed by atoms with E-state index in [1.165, 1.54) is 5.56 Å². The summed E-state index contributed by atoms with van der Waals surface area (Å²) in [6.45, 7) is 1.50. The molecule has 6 nitrogen and oxygen atoms in total. The predicted molar refractivity (Wildman–Crippen MR) is 139 cm³/mol. The summed E-state index contributed by atoms with van der Waals surface area (Å²) in [5.74, 6) is 2.76. The first-order valence-electron chi connectivity index (χ1n) is 13.5. The molecule has 6 rings (SSSR count). The molecular formula is C31H34O6. The maximum absolute atomic E-state index is 9.86. The van der Waals surface area contributed by atoms with E-state index < -0.39 is 0 Å². The van der Waals surface area contributed by atoms with E-state index in [4.69, 9.17) is 23.7 Å². The number of benzene rings is 3. The maximum atomic E-state index is 9.86. The number of phenolic OH excluding ortho intramolecular Hbond substituents is 1. The average molecular weight is 503 g/mol. The molecule has 0 bridgehead atoms. The van der Waals surface area contributed by atoms with Crippen LogP contribution in [0.1, 0.15) is 67.2 Å². The molecule has 3 aromatic rings. The first kappa shape index (κ1) is 24.1. The van der Waals surface area contributed by atoms with Crippen LogP contribution in [0.5, 0.6) is 23.0 Å². The Bertz CT molecular complexity index is 1160. The fourth-order valence-electron chi connectivity index (χ4n) is 5.41. The molecule has 37 heavy (non-hydrogen) atoms. The standard InChI is InChI=1S/C31H34O6/c32-24-12-7-22(8-13-24)31-27(21-9-14-25(15-10-21)35-29-5-1-3-17-33-29)19-23-11-16-26(20-28(23)37-31)36-30-6-2-4-18-34-30/h7-16,20,27,29-32H,1-6,17-19H2. The quantitative estimate of drug-likeness (QED) is 0.406. The fraction of sp³-hybridized carbons (Fsp3) is 0.419. The molecule has 0 aliphatic carbocycles. The lowest BCUT2D eigenvalue weighted by Crippen LogP contribution is -2.26. The number of phenols is 1. The smallest absolute Gasteiger partial charge is 0.199 e. The Morgan fingerprint density at radius 2 is 1.30 bits per heavy atom. The lowest BCUT2D eigenvalue weighted by Gasteiger charge is -2.35. The molecule has 0 spiro atoms. The highest BCUT2D eigenvalue weighted by atomic mass is 16.7. The summed E-state index contributed by atoms with van der Waals surface area (Å²) in [6, 6.07) is 21.7. The summed E-state index contributed by atoms with van der Waals surface area (Å²) in [5.41, 5.74) is 3.34. The number of hydrogen-bond donors (Lipinski definition) is 1. The highest BCUT2D eigenvalue weighted by Gasteiger charge is 2.33. The average Bonchev–Trinajstić information content (AvgIpc) is 2.94. The van der Waals surface area contributed by atoms with Gasteiger partial charge in [-0.1, -0.05) is 30.3 Å². The van der Waals surface area contributed by atoms with Crippen LogP contribution in [0.2, 0.25) is 0 Å². The van der Waals surface area contributed by atoms with Crippen molar-refractivity contribution in [2.24, 2.45) is 0 Å². The van der Waals surface area contributed by atoms with Gasteiger partial charge in [0.2, 0.25) is 0 Å². The van der Waals surface area contributed by atoms with Crippen molar-refractivity contribution in [2.45, 2.75) is 69.5 Å². The van der Waals surface area contributed by atoms with E-state index in [-0.39, 0.29) is 30.4 Å². The van der Waals surface area contributed by atoms with E-state index in [1.54, 1.807) is 12.1 Å². The molecule has 2 fully saturated rings. The molecular weight excluding hydrogens is 468 g/mol. The zero-order chi connectivity index (χ0) is 25.0. The van der Waals surface area contributed by atoms with Crippen molar-refractivity contribution in [1.29, 1.82) is 0 Å². The Balaban J connectivity index is 1.24. The molecule has 6 heteroatoms. The number of ether oxygens (including phenoxy) is 5. The SMILES string of the molecule is Oc1ccc(C2Oc3cc(OC4CCCCO4)ccc3CC2c2ccc(OC3CCCCO3)cc2)cc1. The van der Waals surface area contributed by atoms with Crippen molar-refractivity contribution < 1.29 is 28.8 Å². The molecule has 3 aliphatic heterocycles. The fourth-order valence-corrected chi connectivity index (χ4v) is 5.41. The first-order chi connectivity index (χ1) is 18.2. The molecule has 0 amide bonds. The molecule has 1 N–H and O–H groups in total. The van der Waals surface area contributed by atoms with Gasteiger partial charge in [0.1, 0.15) is 29.1 Å². The van der Waals surface area contributed by atoms with Gasteiger partial charge in [0.05, 0.1) is 13.2 Å². The van der Waals surface area contributed by atoms with Gasteiger partial charge in [0, 0.05) is 24.8 Å². The van der Waals surface area contributed by atoms with Crippen LogP contribution < -0.4 is 14.2 Å². The van der Waals surface area contributed by atoms with Crippen molar-refractivity contribution >= 4 is 0 Å². The Morgan fingerprint density at radius 1 is 0.676 bits per heavy atom. The van der Waals surface area contributed by atoms with Crippen LogP contribution in [0.4, 0.5) is 0 Å². The molecule has 0 saturated carbocycles. The monoisotopic (exact) mass is 502 g/mol. The third-order valence-corrected chi connectivity index (χ3v) is 7.44. The molecule has 4 unspecified atom stereocenters. The summed E-state index contributed by atoms with van der Waals surface area (Å²) < 4.78 is 30.3. The minimum atomic E-state index is -0.206. The van der Waals surface area contributed by atoms with Crippen molar-refractivity contribution in [1.82, 2.24) is 0 Å². The molecule has 2 saturated heterocycles. The highest BCUT2D eigenvalue weighted by Crippen LogP contribution is 2.45. The largest absolute Gasteiger partial charge is 0.508 e. The van der Waals surface area contributed by atoms with Gasteiger partial charge in [-0.25, -0.2) is 0 Å². The third kappa shape index (κ3) is 5.71. The Hall–Kier alpha value is -3.22. The molecule has 3 heterocycles. The van der Waals surface area contributed by atoms with Crippen LogP contribution in [-0.4, -0.2) is 30.9 Å². The lowest BCUT2D eigenvalue weighted by atomic mass is 9.82. The van der Waals surface area contributed by atoms with Crippen molar-refractivity contribution in [2.75, 3.05) is 13.2 Å². The van der Waals surface area contributed by atoms with Crippen molar-refractivity contribution in [3.05, 3.63) is 83.4 Å². The van der Waals surface area contributed by atoms with Gasteiger partial charge in [0.25, 0.3) is 0 Å². The zero-order valence-electron chi connectivity index (χ0n) is 21.0. The van der Waals surface area contributed by atoms with Gasteiger partial charge in [-0.2, -0.15) is 0 Å². The summed E-state index contributed by atoms with van der Waals surface area (Å²) >= 11 is 0. The van der Waals surface area contributed by atoms with E-state index in [0.29, 0.717) is 0 Å². The van der Waals surface area contributed by atoms with Gasteiger partial charge in [-0.3, -0.25) is 0 Å². The summed E-state index contributed by atoms with van der Waals surface area (Å²) in [6.07, 6.45) is 6.53. The second-order valence-corrected chi connectivity index (χ2v) is 10.1. The van der Waals surface area contributed by atoms with Gasteiger partial charge in [0.15, 0.2) is 12.6 Å². The molecule has 0 aromatic heterocycles. The minimum Gasteiger partial charge on any atom is -0.508 e. The van der Waals surface area contributed by atoms with Gasteiger partial charge < -0.3 is 28.8 Å². The molecule has 3 aliphatic rings. The van der Waals surface area contributed by atoms with E-state index in [0.717, 1.165) is 86.5 Å². The normalized spacial score (nSPS) is 25.5. The van der Waals surface area contributed by atoms with Crippen LogP contribution >= 0.6 is 0 Å². The van der Waals surface area contributed by atoms with Gasteiger partial charge in [-0.05, 0) is 79.1 Å². The minimum absolute atomic E-state index is 0.102. The molecule has 3 aromatic carbocycles. The van der Waals surface area contributed by atoms with Crippen molar-refractivity contribution in [3.63, 3.8) is 0 Å².